The normalized spacial score (nSPS) is 20.5. The highest BCUT2D eigenvalue weighted by Gasteiger charge is 2.50. The molecule has 1 aliphatic heterocycles. The van der Waals surface area contributed by atoms with Crippen molar-refractivity contribution in [2.24, 2.45) is 5.92 Å². The van der Waals surface area contributed by atoms with Gasteiger partial charge in [-0.1, -0.05) is 19.1 Å². The molecule has 0 amide bonds. The quantitative estimate of drug-likeness (QED) is 0.172. The van der Waals surface area contributed by atoms with Gasteiger partial charge in [0.15, 0.2) is 23.0 Å². The fourth-order valence-corrected chi connectivity index (χ4v) is 4.66. The summed E-state index contributed by atoms with van der Waals surface area (Å²) >= 11 is 6.14. The molecule has 4 rings (SSSR count). The Hall–Kier alpha value is -2.26. The summed E-state index contributed by atoms with van der Waals surface area (Å²) in [4.78, 5) is 28.4. The van der Waals surface area contributed by atoms with E-state index in [9.17, 15) is 19.5 Å². The lowest BCUT2D eigenvalue weighted by Crippen LogP contribution is -2.41. The van der Waals surface area contributed by atoms with Gasteiger partial charge in [0.2, 0.25) is 5.28 Å². The van der Waals surface area contributed by atoms with Crippen LogP contribution < -0.4 is 5.32 Å². The summed E-state index contributed by atoms with van der Waals surface area (Å²) in [6.45, 7) is 3.71. The molecule has 3 atom stereocenters. The number of rotatable bonds is 11. The molecular weight excluding hydrogens is 505 g/mol. The SMILES string of the molecule is CC(C)CNc1nc(Cl)nc2c1cnn2[C@H]1CC[C@@H](CO[C@](CO)(Cc2nn[nH]n2)P(=O)(O)O)O1. The van der Waals surface area contributed by atoms with E-state index in [0.717, 1.165) is 0 Å². The number of aliphatic hydroxyl groups excluding tert-OH is 1. The average Bonchev–Trinajstić information content (AvgIpc) is 3.54. The minimum atomic E-state index is -4.93. The molecule has 4 heterocycles. The van der Waals surface area contributed by atoms with Gasteiger partial charge in [0.25, 0.3) is 0 Å². The highest BCUT2D eigenvalue weighted by Crippen LogP contribution is 2.52. The van der Waals surface area contributed by atoms with Crippen molar-refractivity contribution < 1.29 is 28.9 Å². The van der Waals surface area contributed by atoms with E-state index in [1.54, 1.807) is 10.9 Å². The summed E-state index contributed by atoms with van der Waals surface area (Å²) in [6.07, 6.45) is 1.25. The molecule has 5 N–H and O–H groups in total. The average molecular weight is 532 g/mol. The van der Waals surface area contributed by atoms with Crippen molar-refractivity contribution in [2.75, 3.05) is 25.1 Å². The van der Waals surface area contributed by atoms with Gasteiger partial charge in [-0.3, -0.25) is 4.57 Å². The van der Waals surface area contributed by atoms with Crippen LogP contribution in [0.4, 0.5) is 5.82 Å². The third-order valence-electron chi connectivity index (χ3n) is 5.60. The molecule has 0 spiro atoms. The van der Waals surface area contributed by atoms with E-state index in [1.165, 1.54) is 0 Å². The number of tetrazole rings is 1. The summed E-state index contributed by atoms with van der Waals surface area (Å²) in [7, 11) is -4.93. The fourth-order valence-electron chi connectivity index (χ4n) is 3.72. The molecule has 192 valence electrons. The Morgan fingerprint density at radius 3 is 2.86 bits per heavy atom. The van der Waals surface area contributed by atoms with Gasteiger partial charge >= 0.3 is 7.60 Å². The van der Waals surface area contributed by atoms with Crippen LogP contribution in [0.2, 0.25) is 5.28 Å². The largest absolute Gasteiger partial charge is 0.393 e. The number of anilines is 1. The Kier molecular flexibility index (Phi) is 7.66. The molecule has 15 nitrogen and oxygen atoms in total. The predicted molar refractivity (Wildman–Crippen MR) is 122 cm³/mol. The third kappa shape index (κ3) is 5.61. The number of aromatic nitrogens is 8. The molecule has 0 radical (unpaired) electrons. The number of halogens is 1. The van der Waals surface area contributed by atoms with E-state index in [0.29, 0.717) is 42.2 Å². The predicted octanol–water partition coefficient (Wildman–Crippen LogP) is 0.864. The monoisotopic (exact) mass is 531 g/mol. The van der Waals surface area contributed by atoms with Crippen molar-refractivity contribution in [1.29, 1.82) is 0 Å². The van der Waals surface area contributed by atoms with Crippen molar-refractivity contribution in [3.8, 4) is 0 Å². The number of aliphatic hydroxyl groups is 1. The Labute approximate surface area is 204 Å². The van der Waals surface area contributed by atoms with Gasteiger partial charge in [0.1, 0.15) is 5.82 Å². The van der Waals surface area contributed by atoms with Crippen LogP contribution in [0, 0.1) is 5.92 Å². The van der Waals surface area contributed by atoms with Crippen molar-refractivity contribution in [2.45, 2.75) is 50.8 Å². The van der Waals surface area contributed by atoms with Crippen LogP contribution >= 0.6 is 19.2 Å². The highest BCUT2D eigenvalue weighted by atomic mass is 35.5. The molecule has 0 unspecified atom stereocenters. The Balaban J connectivity index is 1.47. The van der Waals surface area contributed by atoms with Gasteiger partial charge in [0, 0.05) is 6.54 Å². The van der Waals surface area contributed by atoms with E-state index >= 15 is 0 Å². The second kappa shape index (κ2) is 10.4. The molecule has 0 bridgehead atoms. The molecule has 1 saturated heterocycles. The van der Waals surface area contributed by atoms with Crippen LogP contribution in [-0.4, -0.2) is 86.5 Å². The Morgan fingerprint density at radius 1 is 1.40 bits per heavy atom. The Morgan fingerprint density at radius 2 is 2.20 bits per heavy atom. The molecule has 0 aliphatic carbocycles. The first-order valence-electron chi connectivity index (χ1n) is 10.9. The molecule has 1 aliphatic rings. The van der Waals surface area contributed by atoms with E-state index in [-0.39, 0.29) is 17.7 Å². The maximum Gasteiger partial charge on any atom is 0.359 e. The zero-order chi connectivity index (χ0) is 25.2. The van der Waals surface area contributed by atoms with Crippen molar-refractivity contribution in [1.82, 2.24) is 40.4 Å². The number of hydrogen-bond acceptors (Lipinski definition) is 11. The molecule has 17 heteroatoms. The molecule has 3 aromatic heterocycles. The smallest absolute Gasteiger partial charge is 0.359 e. The van der Waals surface area contributed by atoms with E-state index in [4.69, 9.17) is 21.1 Å². The first-order chi connectivity index (χ1) is 16.6. The first-order valence-corrected chi connectivity index (χ1v) is 12.9. The summed E-state index contributed by atoms with van der Waals surface area (Å²) in [6, 6.07) is 0. The topological polar surface area (TPSA) is 206 Å². The van der Waals surface area contributed by atoms with Gasteiger partial charge in [-0.15, -0.1) is 10.2 Å². The number of aromatic amines is 1. The van der Waals surface area contributed by atoms with Crippen LogP contribution in [0.25, 0.3) is 11.0 Å². The number of nitrogens with one attached hydrogen (secondary N) is 2. The van der Waals surface area contributed by atoms with Crippen molar-refractivity contribution in [3.63, 3.8) is 0 Å². The van der Waals surface area contributed by atoms with Gasteiger partial charge in [-0.05, 0) is 30.4 Å². The van der Waals surface area contributed by atoms with Crippen LogP contribution in [0.3, 0.4) is 0 Å². The second-order valence-electron chi connectivity index (χ2n) is 8.70. The van der Waals surface area contributed by atoms with Gasteiger partial charge in [-0.25, -0.2) is 4.68 Å². The number of ether oxygens (including phenoxy) is 2. The van der Waals surface area contributed by atoms with Gasteiger partial charge < -0.3 is 29.7 Å². The minimum Gasteiger partial charge on any atom is -0.393 e. The van der Waals surface area contributed by atoms with Crippen molar-refractivity contribution in [3.05, 3.63) is 17.3 Å². The molecule has 0 aromatic carbocycles. The van der Waals surface area contributed by atoms with Gasteiger partial charge in [-0.2, -0.15) is 20.3 Å². The highest BCUT2D eigenvalue weighted by molar-refractivity contribution is 7.53. The Bertz CT molecular complexity index is 1190. The second-order valence-corrected chi connectivity index (χ2v) is 10.9. The fraction of sp³-hybridized carbons (Fsp3) is 0.667. The summed E-state index contributed by atoms with van der Waals surface area (Å²) in [5.74, 6) is 0.967. The number of fused-ring (bicyclic) bond motifs is 1. The summed E-state index contributed by atoms with van der Waals surface area (Å²) in [5.41, 5.74) is 0.500. The third-order valence-corrected chi connectivity index (χ3v) is 7.26. The number of H-pyrrole nitrogens is 1. The first kappa shape index (κ1) is 25.8. The lowest BCUT2D eigenvalue weighted by Gasteiger charge is -2.32. The summed E-state index contributed by atoms with van der Waals surface area (Å²) in [5, 5.41) is 29.0. The lowest BCUT2D eigenvalue weighted by molar-refractivity contribution is -0.0948. The van der Waals surface area contributed by atoms with E-state index < -0.39 is 38.3 Å². The molecule has 1 fully saturated rings. The zero-order valence-corrected chi connectivity index (χ0v) is 20.7. The number of hydrogen-bond donors (Lipinski definition) is 5. The standard InChI is InChI=1S/C18H27ClN9O6P/c1-10(2)6-20-15-12-7-21-28(16(12)23-17(19)22-15)14-4-3-11(34-14)8-33-18(9-29,35(30,31)32)5-13-24-26-27-25-13/h7,10-11,14,29H,3-6,8-9H2,1-2H3,(H,20,22,23)(H2,30,31,32)(H,24,25,26,27)/t11-,14+,18+/m0/s1. The molecule has 35 heavy (non-hydrogen) atoms. The maximum atomic E-state index is 12.2. The minimum absolute atomic E-state index is 0.00551. The zero-order valence-electron chi connectivity index (χ0n) is 19.1. The van der Waals surface area contributed by atoms with Crippen LogP contribution in [0.5, 0.6) is 0 Å². The van der Waals surface area contributed by atoms with E-state index in [1.807, 2.05) is 0 Å². The summed E-state index contributed by atoms with van der Waals surface area (Å²) < 4.78 is 25.5. The molecule has 3 aromatic rings. The van der Waals surface area contributed by atoms with Crippen LogP contribution in [-0.2, 0) is 20.5 Å². The lowest BCUT2D eigenvalue weighted by atomic mass is 10.2. The van der Waals surface area contributed by atoms with Crippen LogP contribution in [0.1, 0.15) is 38.7 Å². The van der Waals surface area contributed by atoms with Gasteiger partial charge in [0.05, 0.1) is 37.3 Å². The number of nitrogens with zero attached hydrogens (tertiary/aromatic N) is 7. The molecule has 0 saturated carbocycles. The molecular formula is C18H27ClN9O6P. The van der Waals surface area contributed by atoms with E-state index in [2.05, 4.69) is 54.9 Å². The van der Waals surface area contributed by atoms with Crippen molar-refractivity contribution >= 4 is 36.0 Å². The maximum absolute atomic E-state index is 12.2. The van der Waals surface area contributed by atoms with Crippen LogP contribution in [0.15, 0.2) is 6.20 Å².